The first-order valence-electron chi connectivity index (χ1n) is 18.9. The minimum Gasteiger partial charge on any atom is -0.399 e. The van der Waals surface area contributed by atoms with Gasteiger partial charge in [-0.05, 0) is 132 Å². The van der Waals surface area contributed by atoms with Crippen LogP contribution in [-0.4, -0.2) is 0 Å². The Balaban J connectivity index is 1.14. The predicted octanol–water partition coefficient (Wildman–Crippen LogP) is 11.7. The molecule has 1 aliphatic carbocycles. The van der Waals surface area contributed by atoms with Crippen LogP contribution in [0.5, 0.6) is 0 Å². The van der Waals surface area contributed by atoms with E-state index in [1.165, 1.54) is 122 Å². The summed E-state index contributed by atoms with van der Waals surface area (Å²) >= 11 is 0. The Morgan fingerprint density at radius 1 is 0.469 bits per heavy atom. The maximum atomic E-state index is 5.93. The Hall–Kier alpha value is -4.30. The number of benzene rings is 5. The maximum absolute atomic E-state index is 5.93. The fourth-order valence-corrected chi connectivity index (χ4v) is 8.03. The van der Waals surface area contributed by atoms with E-state index in [0.29, 0.717) is 0 Å². The Labute approximate surface area is 296 Å². The minimum atomic E-state index is 0.0386. The summed E-state index contributed by atoms with van der Waals surface area (Å²) in [6.45, 7) is 2.29. The molecule has 5 aromatic carbocycles. The van der Waals surface area contributed by atoms with Crippen molar-refractivity contribution in [1.29, 1.82) is 0 Å². The van der Waals surface area contributed by atoms with E-state index in [1.807, 2.05) is 24.3 Å². The molecule has 5 aromatic rings. The van der Waals surface area contributed by atoms with Crippen LogP contribution in [0.15, 0.2) is 121 Å². The number of anilines is 2. The molecule has 0 atom stereocenters. The highest BCUT2D eigenvalue weighted by Gasteiger charge is 2.38. The summed E-state index contributed by atoms with van der Waals surface area (Å²) in [5, 5.41) is 0. The van der Waals surface area contributed by atoms with Crippen LogP contribution in [0.1, 0.15) is 116 Å². The number of nitrogens with two attached hydrogens (primary N) is 2. The molecule has 2 nitrogen and oxygen atoms in total. The van der Waals surface area contributed by atoms with Crippen LogP contribution in [0.4, 0.5) is 11.4 Å². The average molecular weight is 649 g/mol. The molecule has 49 heavy (non-hydrogen) atoms. The van der Waals surface area contributed by atoms with Crippen LogP contribution < -0.4 is 11.5 Å². The van der Waals surface area contributed by atoms with E-state index in [2.05, 4.69) is 104 Å². The summed E-state index contributed by atoms with van der Waals surface area (Å²) in [4.78, 5) is 0. The highest BCUT2D eigenvalue weighted by Crippen LogP contribution is 2.47. The van der Waals surface area contributed by atoms with Gasteiger partial charge in [-0.3, -0.25) is 0 Å². The zero-order valence-electron chi connectivity index (χ0n) is 29.7. The maximum Gasteiger partial charge on any atom is 0.0314 e. The summed E-state index contributed by atoms with van der Waals surface area (Å²) < 4.78 is 0. The molecule has 0 aromatic heterocycles. The summed E-state index contributed by atoms with van der Waals surface area (Å²) in [6, 6.07) is 45.2. The molecule has 1 fully saturated rings. The topological polar surface area (TPSA) is 52.0 Å². The van der Waals surface area contributed by atoms with Gasteiger partial charge in [0.15, 0.2) is 0 Å². The van der Waals surface area contributed by atoms with Crippen LogP contribution in [-0.2, 0) is 31.1 Å². The smallest absolute Gasteiger partial charge is 0.0314 e. The lowest BCUT2D eigenvalue weighted by molar-refractivity contribution is 0.264. The normalized spacial score (nSPS) is 14.6. The van der Waals surface area contributed by atoms with Crippen LogP contribution >= 0.6 is 0 Å². The molecule has 0 aliphatic heterocycles. The number of hydrogen-bond acceptors (Lipinski definition) is 2. The molecule has 0 spiro atoms. The van der Waals surface area contributed by atoms with Gasteiger partial charge in [-0.1, -0.05) is 136 Å². The van der Waals surface area contributed by atoms with Crippen molar-refractivity contribution in [2.24, 2.45) is 5.92 Å². The number of aryl methyl sites for hydroxylation is 1. The van der Waals surface area contributed by atoms with Gasteiger partial charge in [-0.2, -0.15) is 0 Å². The van der Waals surface area contributed by atoms with E-state index in [9.17, 15) is 0 Å². The van der Waals surface area contributed by atoms with Crippen molar-refractivity contribution in [1.82, 2.24) is 0 Å². The Morgan fingerprint density at radius 3 is 1.33 bits per heavy atom. The molecule has 2 heteroatoms. The third-order valence-electron chi connectivity index (χ3n) is 11.1. The molecule has 254 valence electrons. The van der Waals surface area contributed by atoms with E-state index in [0.717, 1.165) is 30.1 Å². The van der Waals surface area contributed by atoms with Crippen molar-refractivity contribution in [3.8, 4) is 0 Å². The summed E-state index contributed by atoms with van der Waals surface area (Å²) in [7, 11) is 0. The third-order valence-corrected chi connectivity index (χ3v) is 11.1. The Bertz CT molecular complexity index is 1600. The molecule has 1 aliphatic rings. The zero-order valence-corrected chi connectivity index (χ0v) is 29.7. The first kappa shape index (κ1) is 34.6. The molecule has 0 bridgehead atoms. The van der Waals surface area contributed by atoms with Gasteiger partial charge in [0.25, 0.3) is 0 Å². The first-order chi connectivity index (χ1) is 24.0. The van der Waals surface area contributed by atoms with Gasteiger partial charge in [-0.15, -0.1) is 0 Å². The van der Waals surface area contributed by atoms with Crippen molar-refractivity contribution in [2.75, 3.05) is 11.5 Å². The van der Waals surface area contributed by atoms with Crippen LogP contribution in [0, 0.1) is 5.92 Å². The van der Waals surface area contributed by atoms with Crippen LogP contribution in [0.3, 0.4) is 0 Å². The summed E-state index contributed by atoms with van der Waals surface area (Å²) in [5.41, 5.74) is 24.7. The standard InChI is InChI=1S/C47H56N2/c1-2-3-4-5-6-7-8-36-9-11-37(12-10-36)35-42-29-31-47(32-30-42,43-21-13-38(14-22-43)33-40-17-25-45(48)26-18-40)44-23-15-39(16-24-44)34-41-19-27-46(49)28-20-41/h9-28,42H,2-8,29-35,48-49H2,1H3. The van der Waals surface area contributed by atoms with Gasteiger partial charge >= 0.3 is 0 Å². The van der Waals surface area contributed by atoms with E-state index in [-0.39, 0.29) is 5.41 Å². The van der Waals surface area contributed by atoms with Crippen molar-refractivity contribution in [3.63, 3.8) is 0 Å². The van der Waals surface area contributed by atoms with Gasteiger partial charge < -0.3 is 11.5 Å². The van der Waals surface area contributed by atoms with E-state index in [1.54, 1.807) is 0 Å². The van der Waals surface area contributed by atoms with Gasteiger partial charge in [0, 0.05) is 16.8 Å². The first-order valence-corrected chi connectivity index (χ1v) is 18.9. The average Bonchev–Trinajstić information content (AvgIpc) is 3.13. The minimum absolute atomic E-state index is 0.0386. The lowest BCUT2D eigenvalue weighted by atomic mass is 9.62. The largest absolute Gasteiger partial charge is 0.399 e. The molecular weight excluding hydrogens is 593 g/mol. The van der Waals surface area contributed by atoms with Crippen molar-refractivity contribution in [2.45, 2.75) is 102 Å². The monoisotopic (exact) mass is 648 g/mol. The molecular formula is C47H56N2. The summed E-state index contributed by atoms with van der Waals surface area (Å²) in [5.74, 6) is 0.729. The van der Waals surface area contributed by atoms with E-state index >= 15 is 0 Å². The predicted molar refractivity (Wildman–Crippen MR) is 210 cm³/mol. The Kier molecular flexibility index (Phi) is 11.9. The molecule has 0 amide bonds. The summed E-state index contributed by atoms with van der Waals surface area (Å²) in [6.07, 6.45) is 17.3. The fourth-order valence-electron chi connectivity index (χ4n) is 8.03. The number of unbranched alkanes of at least 4 members (excludes halogenated alkanes) is 5. The van der Waals surface area contributed by atoms with Gasteiger partial charge in [0.05, 0.1) is 0 Å². The number of nitrogen functional groups attached to an aromatic ring is 2. The zero-order chi connectivity index (χ0) is 33.9. The Morgan fingerprint density at radius 2 is 0.857 bits per heavy atom. The molecule has 1 saturated carbocycles. The lowest BCUT2D eigenvalue weighted by Crippen LogP contribution is -2.33. The molecule has 0 radical (unpaired) electrons. The van der Waals surface area contributed by atoms with Crippen LogP contribution in [0.25, 0.3) is 0 Å². The van der Waals surface area contributed by atoms with Gasteiger partial charge in [0.2, 0.25) is 0 Å². The highest BCUT2D eigenvalue weighted by atomic mass is 14.5. The van der Waals surface area contributed by atoms with Crippen molar-refractivity contribution >= 4 is 11.4 Å². The highest BCUT2D eigenvalue weighted by molar-refractivity contribution is 5.45. The van der Waals surface area contributed by atoms with Gasteiger partial charge in [0.1, 0.15) is 0 Å². The second-order valence-corrected chi connectivity index (χ2v) is 14.8. The molecule has 0 saturated heterocycles. The van der Waals surface area contributed by atoms with E-state index in [4.69, 9.17) is 11.5 Å². The second-order valence-electron chi connectivity index (χ2n) is 14.8. The fraction of sp³-hybridized carbons (Fsp3) is 0.362. The SMILES string of the molecule is CCCCCCCCc1ccc(CC2CCC(c3ccc(Cc4ccc(N)cc4)cc3)(c3ccc(Cc4ccc(N)cc4)cc3)CC2)cc1. The molecule has 0 unspecified atom stereocenters. The van der Waals surface area contributed by atoms with Crippen molar-refractivity contribution < 1.29 is 0 Å². The van der Waals surface area contributed by atoms with Crippen molar-refractivity contribution in [3.05, 3.63) is 166 Å². The second kappa shape index (κ2) is 16.9. The quantitative estimate of drug-likeness (QED) is 0.0876. The van der Waals surface area contributed by atoms with Gasteiger partial charge in [-0.25, -0.2) is 0 Å². The third kappa shape index (κ3) is 9.44. The van der Waals surface area contributed by atoms with E-state index < -0.39 is 0 Å². The van der Waals surface area contributed by atoms with Crippen LogP contribution in [0.2, 0.25) is 0 Å². The molecule has 6 rings (SSSR count). The number of rotatable bonds is 15. The lowest BCUT2D eigenvalue weighted by Gasteiger charge is -2.42. The molecule has 0 heterocycles. The number of hydrogen-bond donors (Lipinski definition) is 2. The molecule has 4 N–H and O–H groups in total.